The first-order chi connectivity index (χ1) is 16.7. The van der Waals surface area contributed by atoms with Crippen LogP contribution in [0.4, 0.5) is 5.69 Å². The Morgan fingerprint density at radius 1 is 0.706 bits per heavy atom. The van der Waals surface area contributed by atoms with Crippen molar-refractivity contribution in [1.29, 1.82) is 0 Å². The van der Waals surface area contributed by atoms with E-state index >= 15 is 0 Å². The average Bonchev–Trinajstić information content (AvgIpc) is 3.43. The fourth-order valence-electron chi connectivity index (χ4n) is 4.87. The molecule has 1 aliphatic rings. The molecule has 0 saturated carbocycles. The van der Waals surface area contributed by atoms with Crippen molar-refractivity contribution in [3.05, 3.63) is 95.1 Å². The lowest BCUT2D eigenvalue weighted by Gasteiger charge is -2.19. The zero-order chi connectivity index (χ0) is 23.6. The van der Waals surface area contributed by atoms with E-state index in [-0.39, 0.29) is 0 Å². The Bertz CT molecular complexity index is 969. The van der Waals surface area contributed by atoms with E-state index in [9.17, 15) is 0 Å². The lowest BCUT2D eigenvalue weighted by atomic mass is 9.92. The number of anilines is 1. The number of ether oxygens (including phenoxy) is 1. The smallest absolute Gasteiger partial charge is 0.119 e. The Balaban J connectivity index is 1.25. The Morgan fingerprint density at radius 2 is 1.26 bits per heavy atom. The first-order valence-electron chi connectivity index (χ1n) is 13.4. The molecule has 1 unspecified atom stereocenters. The molecule has 2 heteroatoms. The second kappa shape index (κ2) is 12.6. The van der Waals surface area contributed by atoms with E-state index < -0.39 is 0 Å². The number of benzene rings is 3. The van der Waals surface area contributed by atoms with Crippen LogP contribution in [0.3, 0.4) is 0 Å². The molecule has 0 spiro atoms. The Hall–Kier alpha value is -2.74. The second-order valence-corrected chi connectivity index (χ2v) is 9.80. The van der Waals surface area contributed by atoms with Gasteiger partial charge in [0.25, 0.3) is 0 Å². The van der Waals surface area contributed by atoms with Crippen molar-refractivity contribution in [2.24, 2.45) is 0 Å². The van der Waals surface area contributed by atoms with E-state index in [2.05, 4.69) is 91.5 Å². The molecule has 3 aromatic rings. The standard InChI is InChI=1S/C32H41NO/c1-3-4-5-8-25-34-32-21-13-28(14-22-32)10-9-27-11-15-29(16-12-27)26(2)30-17-19-31(20-18-30)33-23-6-7-24-33/h11-22,26H,3-10,23-25H2,1-2H3. The van der Waals surface area contributed by atoms with Crippen molar-refractivity contribution in [3.8, 4) is 5.75 Å². The zero-order valence-electron chi connectivity index (χ0n) is 21.1. The average molecular weight is 456 g/mol. The molecule has 1 atom stereocenters. The Labute approximate surface area is 207 Å². The summed E-state index contributed by atoms with van der Waals surface area (Å²) in [6.45, 7) is 7.78. The lowest BCUT2D eigenvalue weighted by molar-refractivity contribution is 0.305. The molecule has 2 nitrogen and oxygen atoms in total. The van der Waals surface area contributed by atoms with Crippen molar-refractivity contribution in [3.63, 3.8) is 0 Å². The summed E-state index contributed by atoms with van der Waals surface area (Å²) in [7, 11) is 0. The summed E-state index contributed by atoms with van der Waals surface area (Å²) in [6.07, 6.45) is 9.75. The van der Waals surface area contributed by atoms with E-state index in [1.807, 2.05) is 0 Å². The maximum absolute atomic E-state index is 5.87. The van der Waals surface area contributed by atoms with Crippen LogP contribution in [0.1, 0.15) is 80.5 Å². The van der Waals surface area contributed by atoms with Gasteiger partial charge in [-0.25, -0.2) is 0 Å². The third-order valence-electron chi connectivity index (χ3n) is 7.24. The van der Waals surface area contributed by atoms with Gasteiger partial charge >= 0.3 is 0 Å². The maximum Gasteiger partial charge on any atom is 0.119 e. The molecule has 0 radical (unpaired) electrons. The number of nitrogens with zero attached hydrogens (tertiary/aromatic N) is 1. The van der Waals surface area contributed by atoms with Crippen molar-refractivity contribution in [2.45, 2.75) is 71.1 Å². The largest absolute Gasteiger partial charge is 0.494 e. The van der Waals surface area contributed by atoms with Gasteiger partial charge in [0.15, 0.2) is 0 Å². The van der Waals surface area contributed by atoms with Gasteiger partial charge in [0, 0.05) is 24.7 Å². The highest BCUT2D eigenvalue weighted by Crippen LogP contribution is 2.28. The van der Waals surface area contributed by atoms with Crippen LogP contribution in [0.2, 0.25) is 0 Å². The number of aryl methyl sites for hydroxylation is 2. The van der Waals surface area contributed by atoms with Gasteiger partial charge in [-0.05, 0) is 78.6 Å². The fourth-order valence-corrected chi connectivity index (χ4v) is 4.87. The lowest BCUT2D eigenvalue weighted by Crippen LogP contribution is -2.17. The van der Waals surface area contributed by atoms with Gasteiger partial charge in [0.1, 0.15) is 5.75 Å². The third-order valence-corrected chi connectivity index (χ3v) is 7.24. The minimum Gasteiger partial charge on any atom is -0.494 e. The highest BCUT2D eigenvalue weighted by Gasteiger charge is 2.13. The van der Waals surface area contributed by atoms with Crippen LogP contribution < -0.4 is 9.64 Å². The Kier molecular flexibility index (Phi) is 9.07. The van der Waals surface area contributed by atoms with Crippen molar-refractivity contribution in [1.82, 2.24) is 0 Å². The van der Waals surface area contributed by atoms with E-state index in [0.29, 0.717) is 5.92 Å². The monoisotopic (exact) mass is 455 g/mol. The summed E-state index contributed by atoms with van der Waals surface area (Å²) in [5.41, 5.74) is 6.92. The summed E-state index contributed by atoms with van der Waals surface area (Å²) in [5.74, 6) is 1.41. The molecule has 3 aromatic carbocycles. The molecular formula is C32H41NO. The van der Waals surface area contributed by atoms with Crippen LogP contribution in [-0.2, 0) is 12.8 Å². The van der Waals surface area contributed by atoms with Crippen LogP contribution in [0.5, 0.6) is 5.75 Å². The predicted molar refractivity (Wildman–Crippen MR) is 145 cm³/mol. The normalized spacial score (nSPS) is 14.4. The molecule has 1 heterocycles. The van der Waals surface area contributed by atoms with E-state index in [1.165, 1.54) is 73.1 Å². The molecule has 1 saturated heterocycles. The molecule has 0 bridgehead atoms. The van der Waals surface area contributed by atoms with Gasteiger partial charge in [-0.1, -0.05) is 81.6 Å². The number of rotatable bonds is 12. The second-order valence-electron chi connectivity index (χ2n) is 9.80. The van der Waals surface area contributed by atoms with Gasteiger partial charge in [0.2, 0.25) is 0 Å². The minimum atomic E-state index is 0.413. The molecule has 0 aromatic heterocycles. The van der Waals surface area contributed by atoms with Crippen LogP contribution in [0, 0.1) is 0 Å². The van der Waals surface area contributed by atoms with Gasteiger partial charge in [-0.3, -0.25) is 0 Å². The fraction of sp³-hybridized carbons (Fsp3) is 0.438. The van der Waals surface area contributed by atoms with Gasteiger partial charge in [-0.15, -0.1) is 0 Å². The quantitative estimate of drug-likeness (QED) is 0.255. The zero-order valence-corrected chi connectivity index (χ0v) is 21.1. The van der Waals surface area contributed by atoms with Crippen molar-refractivity contribution >= 4 is 5.69 Å². The Morgan fingerprint density at radius 3 is 1.85 bits per heavy atom. The van der Waals surface area contributed by atoms with Crippen LogP contribution in [-0.4, -0.2) is 19.7 Å². The van der Waals surface area contributed by atoms with E-state index in [0.717, 1.165) is 31.6 Å². The van der Waals surface area contributed by atoms with Gasteiger partial charge in [-0.2, -0.15) is 0 Å². The summed E-state index contributed by atoms with van der Waals surface area (Å²) >= 11 is 0. The molecule has 4 rings (SSSR count). The van der Waals surface area contributed by atoms with Crippen molar-refractivity contribution < 1.29 is 4.74 Å². The topological polar surface area (TPSA) is 12.5 Å². The molecule has 0 aliphatic carbocycles. The van der Waals surface area contributed by atoms with Crippen LogP contribution in [0.25, 0.3) is 0 Å². The molecule has 1 aliphatic heterocycles. The highest BCUT2D eigenvalue weighted by molar-refractivity contribution is 5.49. The van der Waals surface area contributed by atoms with Crippen LogP contribution in [0.15, 0.2) is 72.8 Å². The summed E-state index contributed by atoms with van der Waals surface area (Å²) in [6, 6.07) is 27.1. The maximum atomic E-state index is 5.87. The summed E-state index contributed by atoms with van der Waals surface area (Å²) in [4.78, 5) is 2.50. The number of hydrogen-bond donors (Lipinski definition) is 0. The number of hydrogen-bond acceptors (Lipinski definition) is 2. The number of unbranched alkanes of at least 4 members (excludes halogenated alkanes) is 3. The third kappa shape index (κ3) is 6.88. The molecule has 34 heavy (non-hydrogen) atoms. The minimum absolute atomic E-state index is 0.413. The molecule has 1 fully saturated rings. The first-order valence-corrected chi connectivity index (χ1v) is 13.4. The van der Waals surface area contributed by atoms with E-state index in [4.69, 9.17) is 4.74 Å². The molecular weight excluding hydrogens is 414 g/mol. The highest BCUT2D eigenvalue weighted by atomic mass is 16.5. The molecule has 180 valence electrons. The predicted octanol–water partition coefficient (Wildman–Crippen LogP) is 8.18. The summed E-state index contributed by atoms with van der Waals surface area (Å²) in [5, 5.41) is 0. The van der Waals surface area contributed by atoms with Crippen molar-refractivity contribution in [2.75, 3.05) is 24.6 Å². The van der Waals surface area contributed by atoms with E-state index in [1.54, 1.807) is 0 Å². The van der Waals surface area contributed by atoms with Gasteiger partial charge in [0.05, 0.1) is 6.61 Å². The molecule has 0 N–H and O–H groups in total. The SMILES string of the molecule is CCCCCCOc1ccc(CCc2ccc(C(C)c3ccc(N4CCCC4)cc3)cc2)cc1. The molecule has 0 amide bonds. The van der Waals surface area contributed by atoms with Gasteiger partial charge < -0.3 is 9.64 Å². The first kappa shape index (κ1) is 24.4. The summed E-state index contributed by atoms with van der Waals surface area (Å²) < 4.78 is 5.87. The van der Waals surface area contributed by atoms with Crippen LogP contribution >= 0.6 is 0 Å².